The van der Waals surface area contributed by atoms with Crippen molar-refractivity contribution in [2.24, 2.45) is 5.84 Å². The molecule has 0 aliphatic rings. The maximum absolute atomic E-state index is 12.3. The summed E-state index contributed by atoms with van der Waals surface area (Å²) in [5.41, 5.74) is 2.69. The summed E-state index contributed by atoms with van der Waals surface area (Å²) in [7, 11) is -3.57. The van der Waals surface area contributed by atoms with Gasteiger partial charge in [0.25, 0.3) is 0 Å². The average Bonchev–Trinajstić information content (AvgIpc) is 2.29. The van der Waals surface area contributed by atoms with Crippen LogP contribution in [0.2, 0.25) is 0 Å². The molecular formula is C9H15BrN4O2S. The predicted molar refractivity (Wildman–Crippen MR) is 69.9 cm³/mol. The second-order valence-corrected chi connectivity index (χ2v) is 5.99. The molecule has 1 heterocycles. The van der Waals surface area contributed by atoms with Gasteiger partial charge in [-0.1, -0.05) is 13.8 Å². The Balaban J connectivity index is 3.38. The first kappa shape index (κ1) is 14.4. The van der Waals surface area contributed by atoms with Crippen molar-refractivity contribution in [3.63, 3.8) is 0 Å². The van der Waals surface area contributed by atoms with E-state index in [0.29, 0.717) is 23.2 Å². The van der Waals surface area contributed by atoms with Gasteiger partial charge in [-0.3, -0.25) is 10.8 Å². The molecule has 0 saturated heterocycles. The van der Waals surface area contributed by atoms with Crippen molar-refractivity contribution in [2.75, 3.05) is 18.5 Å². The van der Waals surface area contributed by atoms with E-state index in [-0.39, 0.29) is 4.90 Å². The lowest BCUT2D eigenvalue weighted by atomic mass is 10.4. The molecule has 0 atom stereocenters. The third-order valence-electron chi connectivity index (χ3n) is 2.33. The largest absolute Gasteiger partial charge is 0.322 e. The Morgan fingerprint density at radius 3 is 2.47 bits per heavy atom. The molecule has 0 saturated carbocycles. The summed E-state index contributed by atoms with van der Waals surface area (Å²) in [6.45, 7) is 4.36. The Morgan fingerprint density at radius 2 is 2.00 bits per heavy atom. The zero-order chi connectivity index (χ0) is 13.1. The molecule has 0 radical (unpaired) electrons. The predicted octanol–water partition coefficient (Wildman–Crippen LogP) is 1.16. The third-order valence-corrected chi connectivity index (χ3v) is 5.00. The number of hydrazine groups is 1. The molecule has 1 aromatic heterocycles. The van der Waals surface area contributed by atoms with E-state index in [9.17, 15) is 8.42 Å². The highest BCUT2D eigenvalue weighted by atomic mass is 79.9. The second-order valence-electron chi connectivity index (χ2n) is 3.23. The van der Waals surface area contributed by atoms with Crippen LogP contribution in [0.25, 0.3) is 0 Å². The van der Waals surface area contributed by atoms with Crippen LogP contribution in [0, 0.1) is 0 Å². The molecule has 8 heteroatoms. The summed E-state index contributed by atoms with van der Waals surface area (Å²) in [5, 5.41) is 0. The highest BCUT2D eigenvalue weighted by Crippen LogP contribution is 2.29. The number of hydrogen-bond donors (Lipinski definition) is 2. The van der Waals surface area contributed by atoms with Gasteiger partial charge in [0, 0.05) is 25.5 Å². The molecule has 0 aromatic carbocycles. The molecule has 96 valence electrons. The van der Waals surface area contributed by atoms with Crippen LogP contribution in [-0.4, -0.2) is 30.8 Å². The number of hydrogen-bond acceptors (Lipinski definition) is 5. The molecule has 3 N–H and O–H groups in total. The van der Waals surface area contributed by atoms with Crippen LogP contribution in [0.1, 0.15) is 13.8 Å². The number of pyridine rings is 1. The van der Waals surface area contributed by atoms with Crippen LogP contribution in [0.5, 0.6) is 0 Å². The molecule has 0 amide bonds. The van der Waals surface area contributed by atoms with Crippen LogP contribution in [0.15, 0.2) is 21.8 Å². The van der Waals surface area contributed by atoms with Gasteiger partial charge in [0.2, 0.25) is 10.0 Å². The normalized spacial score (nSPS) is 11.8. The van der Waals surface area contributed by atoms with E-state index in [0.717, 1.165) is 0 Å². The maximum Gasteiger partial charge on any atom is 0.246 e. The topological polar surface area (TPSA) is 88.3 Å². The standard InChI is InChI=1S/C9H15BrN4O2S/c1-3-14(4-2)17(15,16)8-6-12-5-7(10)9(8)13-11/h5-6H,3-4,11H2,1-2H3,(H,12,13). The van der Waals surface area contributed by atoms with Crippen LogP contribution in [0.3, 0.4) is 0 Å². The Labute approximate surface area is 109 Å². The van der Waals surface area contributed by atoms with E-state index in [4.69, 9.17) is 5.84 Å². The van der Waals surface area contributed by atoms with Crippen molar-refractivity contribution in [1.29, 1.82) is 0 Å². The first-order chi connectivity index (χ1) is 7.98. The average molecular weight is 323 g/mol. The number of nitrogens with two attached hydrogens (primary N) is 1. The summed E-state index contributed by atoms with van der Waals surface area (Å²) < 4.78 is 26.4. The van der Waals surface area contributed by atoms with Gasteiger partial charge < -0.3 is 5.43 Å². The SMILES string of the molecule is CCN(CC)S(=O)(=O)c1cncc(Br)c1NN. The summed E-state index contributed by atoms with van der Waals surface area (Å²) in [6, 6.07) is 0. The van der Waals surface area contributed by atoms with Crippen LogP contribution >= 0.6 is 15.9 Å². The lowest BCUT2D eigenvalue weighted by Gasteiger charge is -2.20. The molecule has 0 aliphatic carbocycles. The number of anilines is 1. The Kier molecular flexibility index (Phi) is 4.87. The third kappa shape index (κ3) is 2.76. The van der Waals surface area contributed by atoms with E-state index in [1.165, 1.54) is 16.7 Å². The molecule has 1 rings (SSSR count). The zero-order valence-electron chi connectivity index (χ0n) is 9.64. The number of sulfonamides is 1. The maximum atomic E-state index is 12.3. The van der Waals surface area contributed by atoms with Crippen molar-refractivity contribution in [1.82, 2.24) is 9.29 Å². The molecule has 0 unspecified atom stereocenters. The van der Waals surface area contributed by atoms with Gasteiger partial charge in [0.15, 0.2) is 0 Å². The molecule has 6 nitrogen and oxygen atoms in total. The Hall–Kier alpha value is -0.700. The first-order valence-corrected chi connectivity index (χ1v) is 7.32. The number of nitrogens with zero attached hydrogens (tertiary/aromatic N) is 2. The van der Waals surface area contributed by atoms with Crippen molar-refractivity contribution < 1.29 is 8.42 Å². The van der Waals surface area contributed by atoms with Crippen LogP contribution in [-0.2, 0) is 10.0 Å². The second kappa shape index (κ2) is 5.76. The molecule has 0 spiro atoms. The fourth-order valence-corrected chi connectivity index (χ4v) is 3.61. The Morgan fingerprint density at radius 1 is 1.41 bits per heavy atom. The van der Waals surface area contributed by atoms with Crippen molar-refractivity contribution in [3.05, 3.63) is 16.9 Å². The van der Waals surface area contributed by atoms with Crippen molar-refractivity contribution >= 4 is 31.6 Å². The van der Waals surface area contributed by atoms with E-state index >= 15 is 0 Å². The van der Waals surface area contributed by atoms with Gasteiger partial charge in [-0.15, -0.1) is 0 Å². The van der Waals surface area contributed by atoms with Gasteiger partial charge in [-0.25, -0.2) is 8.42 Å². The smallest absolute Gasteiger partial charge is 0.246 e. The van der Waals surface area contributed by atoms with Crippen LogP contribution in [0.4, 0.5) is 5.69 Å². The minimum atomic E-state index is -3.57. The number of rotatable bonds is 5. The molecule has 17 heavy (non-hydrogen) atoms. The van der Waals surface area contributed by atoms with E-state index in [1.54, 1.807) is 13.8 Å². The number of aromatic nitrogens is 1. The van der Waals surface area contributed by atoms with E-state index in [1.807, 2.05) is 0 Å². The molecule has 0 aliphatic heterocycles. The summed E-state index contributed by atoms with van der Waals surface area (Å²) in [5.74, 6) is 5.34. The number of halogens is 1. The van der Waals surface area contributed by atoms with E-state index in [2.05, 4.69) is 26.3 Å². The van der Waals surface area contributed by atoms with E-state index < -0.39 is 10.0 Å². The quantitative estimate of drug-likeness (QED) is 0.627. The minimum Gasteiger partial charge on any atom is -0.322 e. The first-order valence-electron chi connectivity index (χ1n) is 5.09. The van der Waals surface area contributed by atoms with Gasteiger partial charge in [-0.05, 0) is 15.9 Å². The summed E-state index contributed by atoms with van der Waals surface area (Å²) in [4.78, 5) is 3.93. The highest BCUT2D eigenvalue weighted by Gasteiger charge is 2.26. The highest BCUT2D eigenvalue weighted by molar-refractivity contribution is 9.10. The van der Waals surface area contributed by atoms with Gasteiger partial charge >= 0.3 is 0 Å². The molecular weight excluding hydrogens is 308 g/mol. The van der Waals surface area contributed by atoms with Crippen LogP contribution < -0.4 is 11.3 Å². The number of nitrogen functional groups attached to an aromatic ring is 1. The van der Waals surface area contributed by atoms with Gasteiger partial charge in [-0.2, -0.15) is 4.31 Å². The van der Waals surface area contributed by atoms with Gasteiger partial charge in [0.05, 0.1) is 10.2 Å². The van der Waals surface area contributed by atoms with Crippen molar-refractivity contribution in [2.45, 2.75) is 18.7 Å². The fourth-order valence-electron chi connectivity index (χ4n) is 1.46. The minimum absolute atomic E-state index is 0.0677. The monoisotopic (exact) mass is 322 g/mol. The van der Waals surface area contributed by atoms with Crippen molar-refractivity contribution in [3.8, 4) is 0 Å². The molecule has 0 fully saturated rings. The number of nitrogens with one attached hydrogen (secondary N) is 1. The fraction of sp³-hybridized carbons (Fsp3) is 0.444. The summed E-state index contributed by atoms with van der Waals surface area (Å²) in [6.07, 6.45) is 2.77. The molecule has 0 bridgehead atoms. The lowest BCUT2D eigenvalue weighted by Crippen LogP contribution is -2.31. The Bertz CT molecular complexity index is 488. The molecule has 1 aromatic rings. The zero-order valence-corrected chi connectivity index (χ0v) is 12.0. The summed E-state index contributed by atoms with van der Waals surface area (Å²) >= 11 is 3.20. The van der Waals surface area contributed by atoms with Gasteiger partial charge in [0.1, 0.15) is 4.90 Å². The lowest BCUT2D eigenvalue weighted by molar-refractivity contribution is 0.445.